The van der Waals surface area contributed by atoms with Crippen molar-refractivity contribution in [3.05, 3.63) is 71.3 Å². The van der Waals surface area contributed by atoms with Crippen LogP contribution in [0.15, 0.2) is 54.6 Å². The number of carbonyl (C=O) groups is 1. The molecule has 6 heteroatoms. The Balaban J connectivity index is 1.66. The predicted molar refractivity (Wildman–Crippen MR) is 111 cm³/mol. The highest BCUT2D eigenvalue weighted by atomic mass is 32.2. The van der Waals surface area contributed by atoms with Gasteiger partial charge in [0, 0.05) is 19.6 Å². The van der Waals surface area contributed by atoms with Crippen molar-refractivity contribution in [3.8, 4) is 0 Å². The van der Waals surface area contributed by atoms with E-state index in [9.17, 15) is 13.2 Å². The van der Waals surface area contributed by atoms with Gasteiger partial charge < -0.3 is 5.32 Å². The Bertz CT molecular complexity index is 928. The third kappa shape index (κ3) is 4.80. The molecule has 0 aliphatic carbocycles. The number of sulfonamides is 1. The minimum Gasteiger partial charge on any atom is -0.352 e. The summed E-state index contributed by atoms with van der Waals surface area (Å²) < 4.78 is 27.3. The summed E-state index contributed by atoms with van der Waals surface area (Å²) in [6, 6.07) is 17.1. The summed E-state index contributed by atoms with van der Waals surface area (Å²) in [5, 5.41) is 3.01. The first-order chi connectivity index (χ1) is 13.3. The average molecular weight is 401 g/mol. The first-order valence-corrected chi connectivity index (χ1v) is 11.3. The third-order valence-electron chi connectivity index (χ3n) is 5.50. The maximum absolute atomic E-state index is 12.9. The van der Waals surface area contributed by atoms with Crippen molar-refractivity contribution in [2.24, 2.45) is 5.41 Å². The number of nitrogens with zero attached hydrogens (tertiary/aromatic N) is 1. The van der Waals surface area contributed by atoms with E-state index in [1.54, 1.807) is 0 Å². The zero-order chi connectivity index (χ0) is 20.2. The molecule has 0 saturated carbocycles. The third-order valence-corrected chi connectivity index (χ3v) is 7.29. The molecule has 1 N–H and O–H groups in total. The van der Waals surface area contributed by atoms with Crippen LogP contribution in [0.1, 0.15) is 36.5 Å². The smallest absolute Gasteiger partial charge is 0.227 e. The number of hydrogen-bond acceptors (Lipinski definition) is 3. The molecule has 150 valence electrons. The van der Waals surface area contributed by atoms with Crippen molar-refractivity contribution in [2.45, 2.75) is 39.0 Å². The normalized spacial score (nSPS) is 20.6. The Morgan fingerprint density at radius 2 is 1.79 bits per heavy atom. The fourth-order valence-electron chi connectivity index (χ4n) is 3.69. The van der Waals surface area contributed by atoms with Crippen molar-refractivity contribution in [1.82, 2.24) is 9.62 Å². The summed E-state index contributed by atoms with van der Waals surface area (Å²) in [7, 11) is -3.46. The van der Waals surface area contributed by atoms with Crippen molar-refractivity contribution in [2.75, 3.05) is 13.1 Å². The van der Waals surface area contributed by atoms with E-state index >= 15 is 0 Å². The molecule has 5 nitrogen and oxygen atoms in total. The molecule has 1 aliphatic rings. The predicted octanol–water partition coefficient (Wildman–Crippen LogP) is 3.24. The van der Waals surface area contributed by atoms with Crippen molar-refractivity contribution in [3.63, 3.8) is 0 Å². The van der Waals surface area contributed by atoms with E-state index in [4.69, 9.17) is 0 Å². The van der Waals surface area contributed by atoms with Gasteiger partial charge in [0.15, 0.2) is 0 Å². The molecule has 2 aromatic rings. The molecular formula is C22H28N2O3S. The first kappa shape index (κ1) is 20.6. The number of aryl methyl sites for hydroxylation is 1. The number of carbonyl (C=O) groups excluding carboxylic acids is 1. The van der Waals surface area contributed by atoms with Gasteiger partial charge in [-0.25, -0.2) is 12.7 Å². The minimum absolute atomic E-state index is 0.0330. The fraction of sp³-hybridized carbons (Fsp3) is 0.409. The van der Waals surface area contributed by atoms with E-state index in [1.165, 1.54) is 4.31 Å². The summed E-state index contributed by atoms with van der Waals surface area (Å²) in [5.74, 6) is -0.121. The van der Waals surface area contributed by atoms with Crippen LogP contribution in [0.4, 0.5) is 0 Å². The van der Waals surface area contributed by atoms with Gasteiger partial charge in [-0.2, -0.15) is 0 Å². The number of hydrogen-bond donors (Lipinski definition) is 1. The van der Waals surface area contributed by atoms with Crippen molar-refractivity contribution in [1.29, 1.82) is 0 Å². The molecule has 0 bridgehead atoms. The summed E-state index contributed by atoms with van der Waals surface area (Å²) in [6.45, 7) is 5.03. The van der Waals surface area contributed by atoms with Crippen molar-refractivity contribution >= 4 is 15.9 Å². The van der Waals surface area contributed by atoms with E-state index in [2.05, 4.69) is 5.32 Å². The molecule has 1 aliphatic heterocycles. The maximum Gasteiger partial charge on any atom is 0.227 e. The molecular weight excluding hydrogens is 372 g/mol. The zero-order valence-corrected chi connectivity index (χ0v) is 17.3. The van der Waals surface area contributed by atoms with E-state index in [-0.39, 0.29) is 18.2 Å². The second-order valence-corrected chi connectivity index (χ2v) is 9.82. The van der Waals surface area contributed by atoms with Crippen LogP contribution in [0.2, 0.25) is 0 Å². The van der Waals surface area contributed by atoms with Gasteiger partial charge in [0.1, 0.15) is 0 Å². The highest BCUT2D eigenvalue weighted by Gasteiger charge is 2.41. The largest absolute Gasteiger partial charge is 0.352 e. The number of amides is 1. The lowest BCUT2D eigenvalue weighted by Gasteiger charge is -2.38. The van der Waals surface area contributed by atoms with Crippen molar-refractivity contribution < 1.29 is 13.2 Å². The number of nitrogens with one attached hydrogen (secondary N) is 1. The zero-order valence-electron chi connectivity index (χ0n) is 16.5. The molecule has 1 atom stereocenters. The number of benzene rings is 2. The fourth-order valence-corrected chi connectivity index (χ4v) is 5.37. The van der Waals surface area contributed by atoms with E-state index in [1.807, 2.05) is 68.4 Å². The summed E-state index contributed by atoms with van der Waals surface area (Å²) in [4.78, 5) is 12.9. The van der Waals surface area contributed by atoms with Gasteiger partial charge in [-0.05, 0) is 43.4 Å². The highest BCUT2D eigenvalue weighted by Crippen LogP contribution is 2.32. The number of piperidine rings is 1. The van der Waals surface area contributed by atoms with Crippen LogP contribution in [-0.4, -0.2) is 31.7 Å². The van der Waals surface area contributed by atoms with Gasteiger partial charge in [0.2, 0.25) is 15.9 Å². The molecule has 28 heavy (non-hydrogen) atoms. The highest BCUT2D eigenvalue weighted by molar-refractivity contribution is 7.88. The first-order valence-electron chi connectivity index (χ1n) is 9.65. The second-order valence-electron chi connectivity index (χ2n) is 7.85. The molecule has 1 fully saturated rings. The molecule has 1 amide bonds. The summed E-state index contributed by atoms with van der Waals surface area (Å²) in [5.41, 5.74) is 2.25. The minimum atomic E-state index is -3.46. The van der Waals surface area contributed by atoms with Gasteiger partial charge in [0.05, 0.1) is 11.2 Å². The molecule has 1 unspecified atom stereocenters. The lowest BCUT2D eigenvalue weighted by molar-refractivity contribution is -0.132. The molecule has 0 aromatic heterocycles. The maximum atomic E-state index is 12.9. The Morgan fingerprint density at radius 1 is 1.11 bits per heavy atom. The Kier molecular flexibility index (Phi) is 6.20. The van der Waals surface area contributed by atoms with E-state index in [0.717, 1.165) is 16.7 Å². The quantitative estimate of drug-likeness (QED) is 0.809. The van der Waals surface area contributed by atoms with E-state index in [0.29, 0.717) is 25.9 Å². The van der Waals surface area contributed by atoms with Crippen LogP contribution in [0.5, 0.6) is 0 Å². The number of rotatable bonds is 6. The van der Waals surface area contributed by atoms with Gasteiger partial charge in [-0.3, -0.25) is 4.79 Å². The Hall–Kier alpha value is -2.18. The lowest BCUT2D eigenvalue weighted by atomic mass is 9.82. The van der Waals surface area contributed by atoms with Gasteiger partial charge in [-0.1, -0.05) is 54.6 Å². The molecule has 3 rings (SSSR count). The van der Waals surface area contributed by atoms with Crippen LogP contribution in [-0.2, 0) is 27.1 Å². The van der Waals surface area contributed by atoms with Crippen LogP contribution in [0.25, 0.3) is 0 Å². The lowest BCUT2D eigenvalue weighted by Crippen LogP contribution is -2.51. The van der Waals surface area contributed by atoms with Crippen LogP contribution < -0.4 is 5.32 Å². The average Bonchev–Trinajstić information content (AvgIpc) is 2.67. The molecule has 2 aromatic carbocycles. The van der Waals surface area contributed by atoms with Gasteiger partial charge in [0.25, 0.3) is 0 Å². The van der Waals surface area contributed by atoms with Gasteiger partial charge >= 0.3 is 0 Å². The van der Waals surface area contributed by atoms with E-state index < -0.39 is 15.4 Å². The molecule has 0 radical (unpaired) electrons. The standard InChI is InChI=1S/C22H28N2O3S/c1-18-9-6-7-12-20(18)15-23-21(25)22(2)13-8-14-24(17-22)28(26,27)16-19-10-4-3-5-11-19/h3-7,9-12H,8,13-17H2,1-2H3,(H,23,25). The Labute approximate surface area is 167 Å². The summed E-state index contributed by atoms with van der Waals surface area (Å²) >= 11 is 0. The second kappa shape index (κ2) is 8.45. The molecule has 1 heterocycles. The van der Waals surface area contributed by atoms with Crippen LogP contribution in [0.3, 0.4) is 0 Å². The van der Waals surface area contributed by atoms with Crippen LogP contribution in [0, 0.1) is 12.3 Å². The SMILES string of the molecule is Cc1ccccc1CNC(=O)C1(C)CCCN(S(=O)(=O)Cc2ccccc2)C1. The monoisotopic (exact) mass is 400 g/mol. The molecule has 0 spiro atoms. The van der Waals surface area contributed by atoms with Gasteiger partial charge in [-0.15, -0.1) is 0 Å². The topological polar surface area (TPSA) is 66.5 Å². The van der Waals surface area contributed by atoms with Crippen LogP contribution >= 0.6 is 0 Å². The molecule has 1 saturated heterocycles. The Morgan fingerprint density at radius 3 is 2.50 bits per heavy atom. The summed E-state index contributed by atoms with van der Waals surface area (Å²) in [6.07, 6.45) is 1.37.